The number of hydrogen-bond donors (Lipinski definition) is 1. The van der Waals surface area contributed by atoms with Gasteiger partial charge in [0.2, 0.25) is 5.43 Å². The number of aromatic hydroxyl groups is 1. The molecule has 0 fully saturated rings. The van der Waals surface area contributed by atoms with E-state index in [-0.39, 0.29) is 33.4 Å². The van der Waals surface area contributed by atoms with Gasteiger partial charge in [-0.15, -0.1) is 6.58 Å². The van der Waals surface area contributed by atoms with Gasteiger partial charge >= 0.3 is 5.97 Å². The SMILES string of the molecule is C=CC(C)(C)c1c2c(c(O)c3c(=O)c4cccc(OC(C)=O)c4oc13)C=CC(C)(C)O2. The molecule has 2 aromatic carbocycles. The van der Waals surface area contributed by atoms with E-state index in [2.05, 4.69) is 6.58 Å². The molecule has 0 saturated carbocycles. The molecule has 1 aromatic heterocycles. The summed E-state index contributed by atoms with van der Waals surface area (Å²) < 4.78 is 17.7. The lowest BCUT2D eigenvalue weighted by molar-refractivity contribution is -0.131. The third-order valence-electron chi connectivity index (χ3n) is 5.50. The molecule has 0 saturated heterocycles. The second-order valence-corrected chi connectivity index (χ2v) is 8.79. The van der Waals surface area contributed by atoms with Crippen molar-refractivity contribution in [3.8, 4) is 17.2 Å². The Kier molecular flexibility index (Phi) is 4.50. The summed E-state index contributed by atoms with van der Waals surface area (Å²) >= 11 is 0. The molecule has 2 heterocycles. The fraction of sp³-hybridized carbons (Fsp3) is 0.280. The average Bonchev–Trinajstić information content (AvgIpc) is 2.67. The smallest absolute Gasteiger partial charge is 0.308 e. The fourth-order valence-electron chi connectivity index (χ4n) is 3.83. The Balaban J connectivity index is 2.26. The van der Waals surface area contributed by atoms with Crippen molar-refractivity contribution < 1.29 is 23.8 Å². The molecule has 0 amide bonds. The van der Waals surface area contributed by atoms with Crippen LogP contribution in [-0.2, 0) is 10.2 Å². The van der Waals surface area contributed by atoms with Gasteiger partial charge < -0.3 is 19.0 Å². The standard InChI is InChI=1S/C25H24O6/c1-7-24(3,4)18-22-15(11-12-25(5,6)31-22)20(28)17-19(27)14-9-8-10-16(29-13(2)26)21(14)30-23(17)18/h7-12,28H,1H2,2-6H3. The number of fused-ring (bicyclic) bond motifs is 3. The highest BCUT2D eigenvalue weighted by Crippen LogP contribution is 2.49. The summed E-state index contributed by atoms with van der Waals surface area (Å²) in [4.78, 5) is 25.0. The van der Waals surface area contributed by atoms with Crippen molar-refractivity contribution in [1.29, 1.82) is 0 Å². The normalized spacial score (nSPS) is 14.9. The van der Waals surface area contributed by atoms with Crippen LogP contribution in [0.4, 0.5) is 0 Å². The maximum atomic E-state index is 13.5. The van der Waals surface area contributed by atoms with E-state index >= 15 is 0 Å². The Morgan fingerprint density at radius 2 is 1.97 bits per heavy atom. The molecule has 0 unspecified atom stereocenters. The number of phenols is 1. The zero-order chi connectivity index (χ0) is 22.7. The number of esters is 1. The monoisotopic (exact) mass is 420 g/mol. The van der Waals surface area contributed by atoms with E-state index in [1.54, 1.807) is 30.4 Å². The van der Waals surface area contributed by atoms with Crippen LogP contribution in [0, 0.1) is 0 Å². The first kappa shape index (κ1) is 20.7. The van der Waals surface area contributed by atoms with Crippen molar-refractivity contribution >= 4 is 34.0 Å². The minimum atomic E-state index is -0.669. The van der Waals surface area contributed by atoms with Gasteiger partial charge in [0.1, 0.15) is 28.1 Å². The van der Waals surface area contributed by atoms with Crippen LogP contribution in [0.25, 0.3) is 28.0 Å². The van der Waals surface area contributed by atoms with Crippen LogP contribution in [0.15, 0.2) is 46.1 Å². The molecule has 6 nitrogen and oxygen atoms in total. The molecule has 0 aliphatic carbocycles. The number of phenolic OH excluding ortho intramolecular Hbond substituents is 1. The molecule has 0 spiro atoms. The lowest BCUT2D eigenvalue weighted by Gasteiger charge is -2.34. The van der Waals surface area contributed by atoms with Crippen LogP contribution in [0.5, 0.6) is 17.2 Å². The molecule has 4 rings (SSSR count). The number of allylic oxidation sites excluding steroid dienone is 1. The number of carbonyl (C=O) groups is 1. The topological polar surface area (TPSA) is 86.0 Å². The first-order chi connectivity index (χ1) is 14.5. The summed E-state index contributed by atoms with van der Waals surface area (Å²) in [5.74, 6) is -0.195. The summed E-state index contributed by atoms with van der Waals surface area (Å²) in [6.07, 6.45) is 5.32. The van der Waals surface area contributed by atoms with Gasteiger partial charge in [-0.1, -0.05) is 26.0 Å². The first-order valence-electron chi connectivity index (χ1n) is 9.96. The highest BCUT2D eigenvalue weighted by atomic mass is 16.5. The number of rotatable bonds is 3. The van der Waals surface area contributed by atoms with Crippen LogP contribution < -0.4 is 14.9 Å². The van der Waals surface area contributed by atoms with Gasteiger partial charge in [-0.3, -0.25) is 9.59 Å². The number of carbonyl (C=O) groups excluding carboxylic acids is 1. The number of para-hydroxylation sites is 1. The Bertz CT molecular complexity index is 1350. The van der Waals surface area contributed by atoms with E-state index in [0.717, 1.165) is 0 Å². The highest BCUT2D eigenvalue weighted by Gasteiger charge is 2.36. The maximum Gasteiger partial charge on any atom is 0.308 e. The van der Waals surface area contributed by atoms with E-state index in [9.17, 15) is 14.7 Å². The Morgan fingerprint density at radius 3 is 2.61 bits per heavy atom. The zero-order valence-corrected chi connectivity index (χ0v) is 18.2. The van der Waals surface area contributed by atoms with Gasteiger partial charge in [0.25, 0.3) is 0 Å². The third-order valence-corrected chi connectivity index (χ3v) is 5.50. The predicted molar refractivity (Wildman–Crippen MR) is 120 cm³/mol. The molecular weight excluding hydrogens is 396 g/mol. The number of hydrogen-bond acceptors (Lipinski definition) is 6. The van der Waals surface area contributed by atoms with Crippen LogP contribution in [-0.4, -0.2) is 16.7 Å². The number of ether oxygens (including phenoxy) is 2. The minimum Gasteiger partial charge on any atom is -0.506 e. The van der Waals surface area contributed by atoms with Gasteiger partial charge in [-0.25, -0.2) is 0 Å². The molecule has 6 heteroatoms. The summed E-state index contributed by atoms with van der Waals surface area (Å²) in [5, 5.41) is 11.3. The van der Waals surface area contributed by atoms with E-state index in [1.807, 2.05) is 33.8 Å². The lowest BCUT2D eigenvalue weighted by atomic mass is 9.80. The third kappa shape index (κ3) is 3.19. The first-order valence-corrected chi connectivity index (χ1v) is 9.96. The molecule has 1 N–H and O–H groups in total. The van der Waals surface area contributed by atoms with Crippen molar-refractivity contribution in [2.75, 3.05) is 0 Å². The van der Waals surface area contributed by atoms with Crippen LogP contribution in [0.1, 0.15) is 45.7 Å². The molecule has 0 radical (unpaired) electrons. The van der Waals surface area contributed by atoms with Crippen molar-refractivity contribution in [1.82, 2.24) is 0 Å². The fourth-order valence-corrected chi connectivity index (χ4v) is 3.83. The maximum absolute atomic E-state index is 13.5. The minimum absolute atomic E-state index is 0.0455. The Labute approximate surface area is 179 Å². The molecule has 0 bridgehead atoms. The quantitative estimate of drug-likeness (QED) is 0.270. The van der Waals surface area contributed by atoms with E-state index in [1.165, 1.54) is 6.92 Å². The van der Waals surface area contributed by atoms with Gasteiger partial charge in [0.15, 0.2) is 11.3 Å². The Morgan fingerprint density at radius 1 is 1.26 bits per heavy atom. The predicted octanol–water partition coefficient (Wildman–Crippen LogP) is 5.22. The average molecular weight is 420 g/mol. The summed E-state index contributed by atoms with van der Waals surface area (Å²) in [6, 6.07) is 4.72. The summed E-state index contributed by atoms with van der Waals surface area (Å²) in [6.45, 7) is 12.8. The Hall–Kier alpha value is -3.54. The highest BCUT2D eigenvalue weighted by molar-refractivity contribution is 6.01. The van der Waals surface area contributed by atoms with Crippen molar-refractivity contribution in [2.45, 2.75) is 45.6 Å². The van der Waals surface area contributed by atoms with Gasteiger partial charge in [-0.05, 0) is 38.1 Å². The van der Waals surface area contributed by atoms with E-state index < -0.39 is 22.4 Å². The van der Waals surface area contributed by atoms with E-state index in [4.69, 9.17) is 13.9 Å². The van der Waals surface area contributed by atoms with Gasteiger partial charge in [-0.2, -0.15) is 0 Å². The van der Waals surface area contributed by atoms with Crippen molar-refractivity contribution in [3.63, 3.8) is 0 Å². The van der Waals surface area contributed by atoms with Gasteiger partial charge in [0.05, 0.1) is 10.9 Å². The van der Waals surface area contributed by atoms with Crippen LogP contribution in [0.2, 0.25) is 0 Å². The van der Waals surface area contributed by atoms with Gasteiger partial charge in [0, 0.05) is 17.9 Å². The molecule has 1 aliphatic heterocycles. The molecule has 0 atom stereocenters. The second-order valence-electron chi connectivity index (χ2n) is 8.79. The molecule has 3 aromatic rings. The molecule has 160 valence electrons. The zero-order valence-electron chi connectivity index (χ0n) is 18.2. The molecule has 31 heavy (non-hydrogen) atoms. The molecule has 1 aliphatic rings. The largest absolute Gasteiger partial charge is 0.506 e. The van der Waals surface area contributed by atoms with Crippen LogP contribution in [0.3, 0.4) is 0 Å². The number of benzene rings is 2. The summed E-state index contributed by atoms with van der Waals surface area (Å²) in [7, 11) is 0. The van der Waals surface area contributed by atoms with E-state index in [0.29, 0.717) is 16.9 Å². The lowest BCUT2D eigenvalue weighted by Crippen LogP contribution is -2.30. The summed E-state index contributed by atoms with van der Waals surface area (Å²) in [5.41, 5.74) is -0.425. The van der Waals surface area contributed by atoms with Crippen LogP contribution >= 0.6 is 0 Å². The van der Waals surface area contributed by atoms with Crippen molar-refractivity contribution in [3.05, 3.63) is 58.3 Å². The van der Waals surface area contributed by atoms with Crippen molar-refractivity contribution in [2.24, 2.45) is 0 Å². The molecular formula is C25H24O6. The second kappa shape index (κ2) is 6.74.